The molecular weight excluding hydrogens is 268 g/mol. The van der Waals surface area contributed by atoms with E-state index in [0.29, 0.717) is 10.5 Å². The minimum atomic E-state index is 0.619. The van der Waals surface area contributed by atoms with Gasteiger partial charge in [-0.1, -0.05) is 6.92 Å². The summed E-state index contributed by atoms with van der Waals surface area (Å²) in [5.41, 5.74) is 1.24. The van der Waals surface area contributed by atoms with Crippen LogP contribution in [0.5, 0.6) is 0 Å². The Kier molecular flexibility index (Phi) is 4.00. The summed E-state index contributed by atoms with van der Waals surface area (Å²) in [4.78, 5) is 4.81. The molecular formula is C12H18N2S3. The molecule has 0 spiro atoms. The van der Waals surface area contributed by atoms with Gasteiger partial charge in [0, 0.05) is 34.7 Å². The van der Waals surface area contributed by atoms with Crippen LogP contribution in [0, 0.1) is 0 Å². The molecule has 94 valence electrons. The van der Waals surface area contributed by atoms with E-state index in [1.54, 1.807) is 0 Å². The molecule has 17 heavy (non-hydrogen) atoms. The Morgan fingerprint density at radius 1 is 1.35 bits per heavy atom. The Hall–Kier alpha value is 0.290. The second-order valence-corrected chi connectivity index (χ2v) is 8.32. The molecule has 0 radical (unpaired) electrons. The summed E-state index contributed by atoms with van der Waals surface area (Å²) >= 11 is 6.02. The SMILES string of the molecule is CC1SCCSC1c1nc(CNC2CC2)cs1. The smallest absolute Gasteiger partial charge is 0.107 e. The van der Waals surface area contributed by atoms with Crippen LogP contribution in [0.3, 0.4) is 0 Å². The van der Waals surface area contributed by atoms with Gasteiger partial charge in [-0.25, -0.2) is 4.98 Å². The lowest BCUT2D eigenvalue weighted by Gasteiger charge is -2.25. The van der Waals surface area contributed by atoms with Gasteiger partial charge in [-0.3, -0.25) is 0 Å². The van der Waals surface area contributed by atoms with Crippen LogP contribution in [0.25, 0.3) is 0 Å². The van der Waals surface area contributed by atoms with E-state index in [4.69, 9.17) is 4.98 Å². The van der Waals surface area contributed by atoms with Gasteiger partial charge < -0.3 is 5.32 Å². The van der Waals surface area contributed by atoms with Crippen molar-refractivity contribution in [3.8, 4) is 0 Å². The lowest BCUT2D eigenvalue weighted by molar-refractivity contribution is 0.674. The van der Waals surface area contributed by atoms with Crippen LogP contribution < -0.4 is 5.32 Å². The number of hydrogen-bond donors (Lipinski definition) is 1. The minimum absolute atomic E-state index is 0.619. The van der Waals surface area contributed by atoms with Crippen molar-refractivity contribution in [2.75, 3.05) is 11.5 Å². The number of rotatable bonds is 4. The first kappa shape index (κ1) is 12.3. The molecule has 2 aliphatic rings. The summed E-state index contributed by atoms with van der Waals surface area (Å²) in [5.74, 6) is 2.57. The van der Waals surface area contributed by atoms with E-state index < -0.39 is 0 Å². The molecule has 1 saturated heterocycles. The van der Waals surface area contributed by atoms with E-state index in [1.807, 2.05) is 11.3 Å². The maximum absolute atomic E-state index is 4.81. The van der Waals surface area contributed by atoms with Gasteiger partial charge in [-0.2, -0.15) is 11.8 Å². The fraction of sp³-hybridized carbons (Fsp3) is 0.750. The molecule has 1 saturated carbocycles. The van der Waals surface area contributed by atoms with Gasteiger partial charge in [-0.15, -0.1) is 23.1 Å². The van der Waals surface area contributed by atoms with Crippen LogP contribution in [0.4, 0.5) is 0 Å². The zero-order chi connectivity index (χ0) is 11.7. The van der Waals surface area contributed by atoms with E-state index in [2.05, 4.69) is 41.1 Å². The molecule has 1 aliphatic carbocycles. The van der Waals surface area contributed by atoms with Gasteiger partial charge in [0.25, 0.3) is 0 Å². The van der Waals surface area contributed by atoms with Gasteiger partial charge in [-0.05, 0) is 12.8 Å². The van der Waals surface area contributed by atoms with E-state index in [-0.39, 0.29) is 0 Å². The molecule has 5 heteroatoms. The van der Waals surface area contributed by atoms with Crippen molar-refractivity contribution in [2.24, 2.45) is 0 Å². The highest BCUT2D eigenvalue weighted by molar-refractivity contribution is 8.06. The second kappa shape index (κ2) is 5.51. The Bertz CT molecular complexity index is 376. The van der Waals surface area contributed by atoms with Crippen LogP contribution >= 0.6 is 34.9 Å². The third-order valence-corrected chi connectivity index (χ3v) is 7.37. The Balaban J connectivity index is 1.61. The molecule has 2 atom stereocenters. The van der Waals surface area contributed by atoms with Gasteiger partial charge in [0.2, 0.25) is 0 Å². The van der Waals surface area contributed by atoms with Crippen molar-refractivity contribution < 1.29 is 0 Å². The van der Waals surface area contributed by atoms with Gasteiger partial charge >= 0.3 is 0 Å². The number of aromatic nitrogens is 1. The van der Waals surface area contributed by atoms with Crippen molar-refractivity contribution in [2.45, 2.75) is 42.9 Å². The van der Waals surface area contributed by atoms with E-state index in [9.17, 15) is 0 Å². The van der Waals surface area contributed by atoms with Crippen molar-refractivity contribution in [1.82, 2.24) is 10.3 Å². The topological polar surface area (TPSA) is 24.9 Å². The van der Waals surface area contributed by atoms with Gasteiger partial charge in [0.05, 0.1) is 10.9 Å². The summed E-state index contributed by atoms with van der Waals surface area (Å²) in [6.07, 6.45) is 2.70. The second-order valence-electron chi connectivity index (χ2n) is 4.70. The standard InChI is InChI=1S/C12H18N2S3/c1-8-11(16-5-4-15-8)12-14-10(7-17-12)6-13-9-2-3-9/h7-9,11,13H,2-6H2,1H3. The highest BCUT2D eigenvalue weighted by Crippen LogP contribution is 2.43. The van der Waals surface area contributed by atoms with Crippen molar-refractivity contribution >= 4 is 34.9 Å². The van der Waals surface area contributed by atoms with Crippen molar-refractivity contribution in [3.05, 3.63) is 16.1 Å². The Labute approximate surface area is 115 Å². The maximum atomic E-state index is 4.81. The first-order valence-corrected chi connectivity index (χ1v) is 9.21. The highest BCUT2D eigenvalue weighted by atomic mass is 32.2. The molecule has 0 bridgehead atoms. The number of thioether (sulfide) groups is 2. The first-order chi connectivity index (χ1) is 8.33. The van der Waals surface area contributed by atoms with Crippen LogP contribution in [0.1, 0.15) is 35.7 Å². The van der Waals surface area contributed by atoms with Gasteiger partial charge in [0.15, 0.2) is 0 Å². The zero-order valence-corrected chi connectivity index (χ0v) is 12.5. The van der Waals surface area contributed by atoms with Crippen LogP contribution in [-0.4, -0.2) is 27.8 Å². The van der Waals surface area contributed by atoms with Crippen molar-refractivity contribution in [3.63, 3.8) is 0 Å². The molecule has 0 amide bonds. The quantitative estimate of drug-likeness (QED) is 0.918. The van der Waals surface area contributed by atoms with Crippen LogP contribution in [0.15, 0.2) is 5.38 Å². The fourth-order valence-corrected chi connectivity index (χ4v) is 5.97. The summed E-state index contributed by atoms with van der Waals surface area (Å²) in [6.45, 7) is 3.30. The molecule has 2 heterocycles. The predicted molar refractivity (Wildman–Crippen MR) is 79.1 cm³/mol. The Morgan fingerprint density at radius 3 is 2.94 bits per heavy atom. The minimum Gasteiger partial charge on any atom is -0.308 e. The Morgan fingerprint density at radius 2 is 2.18 bits per heavy atom. The summed E-state index contributed by atoms with van der Waals surface area (Å²) < 4.78 is 0. The number of hydrogen-bond acceptors (Lipinski definition) is 5. The van der Waals surface area contributed by atoms with E-state index >= 15 is 0 Å². The molecule has 1 aromatic rings. The lowest BCUT2D eigenvalue weighted by atomic mass is 10.3. The first-order valence-electron chi connectivity index (χ1n) is 6.24. The predicted octanol–water partition coefficient (Wildman–Crippen LogP) is 3.30. The van der Waals surface area contributed by atoms with Crippen molar-refractivity contribution in [1.29, 1.82) is 0 Å². The molecule has 0 aromatic carbocycles. The van der Waals surface area contributed by atoms with Crippen LogP contribution in [-0.2, 0) is 6.54 Å². The maximum Gasteiger partial charge on any atom is 0.107 e. The normalized spacial score (nSPS) is 29.5. The average Bonchev–Trinajstić information content (AvgIpc) is 3.06. The average molecular weight is 286 g/mol. The lowest BCUT2D eigenvalue weighted by Crippen LogP contribution is -2.17. The molecule has 1 N–H and O–H groups in total. The molecule has 2 nitrogen and oxygen atoms in total. The largest absolute Gasteiger partial charge is 0.308 e. The van der Waals surface area contributed by atoms with Crippen LogP contribution in [0.2, 0.25) is 0 Å². The molecule has 1 aliphatic heterocycles. The molecule has 3 rings (SSSR count). The number of nitrogens with zero attached hydrogens (tertiary/aromatic N) is 1. The van der Waals surface area contributed by atoms with Gasteiger partial charge in [0.1, 0.15) is 5.01 Å². The molecule has 1 aromatic heterocycles. The zero-order valence-electron chi connectivity index (χ0n) is 10.0. The third-order valence-electron chi connectivity index (χ3n) is 3.15. The summed E-state index contributed by atoms with van der Waals surface area (Å²) in [6, 6.07) is 0.777. The summed E-state index contributed by atoms with van der Waals surface area (Å²) in [7, 11) is 0. The number of nitrogens with one attached hydrogen (secondary N) is 1. The monoisotopic (exact) mass is 286 g/mol. The summed E-state index contributed by atoms with van der Waals surface area (Å²) in [5, 5.41) is 8.43. The number of thiazole rings is 1. The fourth-order valence-electron chi connectivity index (χ4n) is 1.97. The third kappa shape index (κ3) is 3.19. The van der Waals surface area contributed by atoms with E-state index in [0.717, 1.165) is 12.6 Å². The van der Waals surface area contributed by atoms with E-state index in [1.165, 1.54) is 35.0 Å². The molecule has 2 unspecified atom stereocenters. The molecule has 2 fully saturated rings. The highest BCUT2D eigenvalue weighted by Gasteiger charge is 2.27.